The van der Waals surface area contributed by atoms with Gasteiger partial charge in [0.15, 0.2) is 0 Å². The van der Waals surface area contributed by atoms with Gasteiger partial charge in [0.1, 0.15) is 17.0 Å². The van der Waals surface area contributed by atoms with Crippen molar-refractivity contribution in [2.45, 2.75) is 39.3 Å². The van der Waals surface area contributed by atoms with E-state index < -0.39 is 24.1 Å². The molecule has 0 saturated carbocycles. The summed E-state index contributed by atoms with van der Waals surface area (Å²) in [5, 5.41) is 2.69. The second kappa shape index (κ2) is 8.69. The molecule has 0 radical (unpaired) electrons. The van der Waals surface area contributed by atoms with Gasteiger partial charge >= 0.3 is 12.6 Å². The predicted octanol–water partition coefficient (Wildman–Crippen LogP) is 4.14. The first-order chi connectivity index (χ1) is 14.2. The van der Waals surface area contributed by atoms with Crippen LogP contribution in [-0.2, 0) is 10.3 Å². The van der Waals surface area contributed by atoms with Crippen molar-refractivity contribution in [1.29, 1.82) is 0 Å². The van der Waals surface area contributed by atoms with Gasteiger partial charge in [-0.3, -0.25) is 9.69 Å². The number of carbonyl (C=O) groups is 2. The van der Waals surface area contributed by atoms with E-state index in [2.05, 4.69) is 10.1 Å². The maximum Gasteiger partial charge on any atom is 0.387 e. The van der Waals surface area contributed by atoms with Gasteiger partial charge in [-0.15, -0.1) is 0 Å². The zero-order chi connectivity index (χ0) is 21.9. The van der Waals surface area contributed by atoms with E-state index in [1.807, 2.05) is 32.0 Å². The molecule has 1 N–H and O–H groups in total. The van der Waals surface area contributed by atoms with Crippen LogP contribution >= 0.6 is 0 Å². The fourth-order valence-corrected chi connectivity index (χ4v) is 3.49. The van der Waals surface area contributed by atoms with E-state index >= 15 is 0 Å². The number of aryl methyl sites for hydroxylation is 2. The summed E-state index contributed by atoms with van der Waals surface area (Å²) in [7, 11) is 0. The van der Waals surface area contributed by atoms with Gasteiger partial charge in [-0.2, -0.15) is 8.78 Å². The molecule has 2 aromatic carbocycles. The Balaban J connectivity index is 1.59. The lowest BCUT2D eigenvalue weighted by atomic mass is 9.92. The molecule has 1 saturated heterocycles. The third kappa shape index (κ3) is 4.69. The number of carbonyl (C=O) groups excluding carboxylic acids is 2. The van der Waals surface area contributed by atoms with Gasteiger partial charge < -0.3 is 14.8 Å². The van der Waals surface area contributed by atoms with Crippen LogP contribution in [0.5, 0.6) is 11.5 Å². The van der Waals surface area contributed by atoms with Crippen LogP contribution in [-0.4, -0.2) is 36.6 Å². The summed E-state index contributed by atoms with van der Waals surface area (Å²) < 4.78 is 34.7. The normalized spacial score (nSPS) is 18.7. The average Bonchev–Trinajstić information content (AvgIpc) is 2.88. The largest absolute Gasteiger partial charge is 0.494 e. The highest BCUT2D eigenvalue weighted by Crippen LogP contribution is 2.30. The molecule has 1 fully saturated rings. The highest BCUT2D eigenvalue weighted by atomic mass is 19.3. The molecule has 160 valence electrons. The molecule has 3 rings (SSSR count). The van der Waals surface area contributed by atoms with Crippen molar-refractivity contribution in [3.63, 3.8) is 0 Å². The number of hydrogen-bond donors (Lipinski definition) is 1. The van der Waals surface area contributed by atoms with Gasteiger partial charge in [0.2, 0.25) is 0 Å². The minimum absolute atomic E-state index is 0.0190. The number of amides is 3. The van der Waals surface area contributed by atoms with Crippen molar-refractivity contribution >= 4 is 11.9 Å². The summed E-state index contributed by atoms with van der Waals surface area (Å²) >= 11 is 0. The van der Waals surface area contributed by atoms with E-state index in [4.69, 9.17) is 4.74 Å². The lowest BCUT2D eigenvalue weighted by Gasteiger charge is -2.22. The van der Waals surface area contributed by atoms with Crippen LogP contribution in [0.2, 0.25) is 0 Å². The molecule has 1 atom stereocenters. The van der Waals surface area contributed by atoms with E-state index in [1.54, 1.807) is 6.92 Å². The molecule has 0 aliphatic carbocycles. The van der Waals surface area contributed by atoms with Gasteiger partial charge in [0.05, 0.1) is 6.61 Å². The maximum atomic E-state index is 12.9. The quantitative estimate of drug-likeness (QED) is 0.517. The monoisotopic (exact) mass is 418 g/mol. The first-order valence-corrected chi connectivity index (χ1v) is 9.59. The second-order valence-corrected chi connectivity index (χ2v) is 7.44. The zero-order valence-corrected chi connectivity index (χ0v) is 17.1. The molecule has 1 heterocycles. The van der Waals surface area contributed by atoms with Crippen molar-refractivity contribution in [1.82, 2.24) is 10.2 Å². The van der Waals surface area contributed by atoms with Gasteiger partial charge in [-0.05, 0) is 68.1 Å². The highest BCUT2D eigenvalue weighted by Gasteiger charge is 2.48. The molecule has 6 nitrogen and oxygen atoms in total. The lowest BCUT2D eigenvalue weighted by Crippen LogP contribution is -2.41. The summed E-state index contributed by atoms with van der Waals surface area (Å²) in [5.74, 6) is 0.330. The molecular formula is C22H24F2N2O4. The van der Waals surface area contributed by atoms with E-state index in [0.717, 1.165) is 21.8 Å². The molecule has 3 amide bonds. The Morgan fingerprint density at radius 2 is 1.67 bits per heavy atom. The highest BCUT2D eigenvalue weighted by molar-refractivity contribution is 6.07. The number of rotatable bonds is 8. The van der Waals surface area contributed by atoms with Crippen molar-refractivity contribution in [2.24, 2.45) is 0 Å². The summed E-state index contributed by atoms with van der Waals surface area (Å²) in [5.41, 5.74) is 1.41. The molecule has 2 aromatic rings. The van der Waals surface area contributed by atoms with E-state index in [9.17, 15) is 18.4 Å². The van der Waals surface area contributed by atoms with Crippen molar-refractivity contribution < 1.29 is 27.8 Å². The molecule has 1 unspecified atom stereocenters. The number of hydrogen-bond acceptors (Lipinski definition) is 4. The summed E-state index contributed by atoms with van der Waals surface area (Å²) in [6, 6.07) is 11.1. The summed E-state index contributed by atoms with van der Waals surface area (Å²) in [6.07, 6.45) is 0.476. The second-order valence-electron chi connectivity index (χ2n) is 7.44. The first kappa shape index (κ1) is 21.5. The smallest absolute Gasteiger partial charge is 0.387 e. The molecule has 1 aliphatic rings. The molecule has 8 heteroatoms. The molecule has 0 aromatic heterocycles. The minimum atomic E-state index is -2.93. The molecule has 30 heavy (non-hydrogen) atoms. The number of nitrogens with one attached hydrogen (secondary N) is 1. The number of halogens is 2. The number of imide groups is 1. The Labute approximate surface area is 173 Å². The number of nitrogens with zero attached hydrogens (tertiary/aromatic N) is 1. The maximum absolute atomic E-state index is 12.9. The van der Waals surface area contributed by atoms with Gasteiger partial charge in [-0.1, -0.05) is 18.2 Å². The van der Waals surface area contributed by atoms with Gasteiger partial charge in [0, 0.05) is 6.54 Å². The van der Waals surface area contributed by atoms with Crippen LogP contribution in [0.25, 0.3) is 0 Å². The van der Waals surface area contributed by atoms with Crippen LogP contribution in [0.1, 0.15) is 30.0 Å². The molecule has 1 aliphatic heterocycles. The zero-order valence-electron chi connectivity index (χ0n) is 17.1. The van der Waals surface area contributed by atoms with Crippen LogP contribution in [0.4, 0.5) is 13.6 Å². The van der Waals surface area contributed by atoms with Gasteiger partial charge in [-0.25, -0.2) is 4.79 Å². The van der Waals surface area contributed by atoms with Crippen LogP contribution < -0.4 is 14.8 Å². The van der Waals surface area contributed by atoms with E-state index in [-0.39, 0.29) is 12.3 Å². The lowest BCUT2D eigenvalue weighted by molar-refractivity contribution is -0.131. The molecular weight excluding hydrogens is 394 g/mol. The Hall–Kier alpha value is -3.16. The summed E-state index contributed by atoms with van der Waals surface area (Å²) in [6.45, 7) is 3.19. The Morgan fingerprint density at radius 3 is 2.27 bits per heavy atom. The van der Waals surface area contributed by atoms with Crippen molar-refractivity contribution in [3.8, 4) is 11.5 Å². The molecule has 0 spiro atoms. The van der Waals surface area contributed by atoms with Crippen LogP contribution in [0.15, 0.2) is 42.5 Å². The van der Waals surface area contributed by atoms with Crippen LogP contribution in [0, 0.1) is 13.8 Å². The Bertz CT molecular complexity index is 913. The minimum Gasteiger partial charge on any atom is -0.494 e. The van der Waals surface area contributed by atoms with Crippen molar-refractivity contribution in [3.05, 3.63) is 59.2 Å². The van der Waals surface area contributed by atoms with Crippen molar-refractivity contribution in [2.75, 3.05) is 13.2 Å². The predicted molar refractivity (Wildman–Crippen MR) is 107 cm³/mol. The third-order valence-corrected chi connectivity index (χ3v) is 4.92. The SMILES string of the molecule is Cc1cc(C)cc(OCCCN2C(=O)NC(C)(c3ccc(OC(F)F)cc3)C2=O)c1. The number of benzene rings is 2. The summed E-state index contributed by atoms with van der Waals surface area (Å²) in [4.78, 5) is 26.4. The van der Waals surface area contributed by atoms with E-state index in [1.165, 1.54) is 24.3 Å². The number of urea groups is 1. The third-order valence-electron chi connectivity index (χ3n) is 4.92. The molecule has 0 bridgehead atoms. The Morgan fingerprint density at radius 1 is 1.03 bits per heavy atom. The van der Waals surface area contributed by atoms with Gasteiger partial charge in [0.25, 0.3) is 5.91 Å². The average molecular weight is 418 g/mol. The Kier molecular flexibility index (Phi) is 6.24. The van der Waals surface area contributed by atoms with E-state index in [0.29, 0.717) is 18.6 Å². The standard InChI is InChI=1S/C22H24F2N2O4/c1-14-11-15(2)13-18(12-14)29-10-4-9-26-19(27)22(3,25-21(26)28)16-5-7-17(8-6-16)30-20(23)24/h5-8,11-13,20H,4,9-10H2,1-3H3,(H,25,28). The topological polar surface area (TPSA) is 67.9 Å². The number of alkyl halides is 2. The first-order valence-electron chi connectivity index (χ1n) is 9.59. The fourth-order valence-electron chi connectivity index (χ4n) is 3.49. The fraction of sp³-hybridized carbons (Fsp3) is 0.364. The van der Waals surface area contributed by atoms with Crippen LogP contribution in [0.3, 0.4) is 0 Å². The number of ether oxygens (including phenoxy) is 2.